The monoisotopic (exact) mass is 483 g/mol. The molecule has 0 saturated carbocycles. The normalized spacial score (nSPS) is 11.1. The molecule has 0 spiro atoms. The fourth-order valence-corrected chi connectivity index (χ4v) is 5.71. The molecule has 38 heavy (non-hydrogen) atoms. The van der Waals surface area contributed by atoms with Gasteiger partial charge in [-0.2, -0.15) is 15.8 Å². The maximum absolute atomic E-state index is 10.2. The molecule has 7 rings (SSSR count). The summed E-state index contributed by atoms with van der Waals surface area (Å²) in [6, 6.07) is 40.6. The number of rotatable bonds is 2. The van der Waals surface area contributed by atoms with Gasteiger partial charge in [0.05, 0.1) is 50.5 Å². The lowest BCUT2D eigenvalue weighted by molar-refractivity contribution is 1.15. The van der Waals surface area contributed by atoms with Gasteiger partial charge >= 0.3 is 0 Å². The molecule has 0 atom stereocenters. The largest absolute Gasteiger partial charge is 0.309 e. The maximum atomic E-state index is 10.2. The Morgan fingerprint density at radius 2 is 1.11 bits per heavy atom. The molecule has 0 saturated heterocycles. The van der Waals surface area contributed by atoms with Crippen LogP contribution in [0.15, 0.2) is 103 Å². The molecule has 0 aliphatic carbocycles. The Hall–Kier alpha value is -5.83. The Balaban J connectivity index is 1.78. The van der Waals surface area contributed by atoms with E-state index in [2.05, 4.69) is 65.2 Å². The molecule has 0 radical (unpaired) electrons. The minimum absolute atomic E-state index is 0.284. The van der Waals surface area contributed by atoms with Crippen molar-refractivity contribution in [1.82, 2.24) is 9.13 Å². The summed E-state index contributed by atoms with van der Waals surface area (Å²) in [5.41, 5.74) is 6.31. The second-order valence-electron chi connectivity index (χ2n) is 9.15. The number of fused-ring (bicyclic) bond motifs is 7. The lowest BCUT2D eigenvalue weighted by Gasteiger charge is -2.13. The van der Waals surface area contributed by atoms with Crippen LogP contribution in [0.4, 0.5) is 0 Å². The first-order chi connectivity index (χ1) is 18.7. The first kappa shape index (κ1) is 21.5. The van der Waals surface area contributed by atoms with Gasteiger partial charge in [-0.15, -0.1) is 0 Å². The topological polar surface area (TPSA) is 81.2 Å². The maximum Gasteiger partial charge on any atom is 0.101 e. The van der Waals surface area contributed by atoms with Crippen molar-refractivity contribution in [3.05, 3.63) is 120 Å². The van der Waals surface area contributed by atoms with Crippen molar-refractivity contribution in [3.63, 3.8) is 0 Å². The molecular formula is C33H17N5. The molecule has 174 valence electrons. The van der Waals surface area contributed by atoms with Crippen LogP contribution in [0.25, 0.3) is 55.0 Å². The Morgan fingerprint density at radius 3 is 1.76 bits per heavy atom. The van der Waals surface area contributed by atoms with Crippen LogP contribution in [-0.2, 0) is 0 Å². The van der Waals surface area contributed by atoms with Gasteiger partial charge in [-0.25, -0.2) is 0 Å². The van der Waals surface area contributed by atoms with Crippen LogP contribution >= 0.6 is 0 Å². The average molecular weight is 484 g/mol. The summed E-state index contributed by atoms with van der Waals surface area (Å²) in [7, 11) is 0. The summed E-state index contributed by atoms with van der Waals surface area (Å²) in [4.78, 5) is 0. The Bertz CT molecular complexity index is 2180. The van der Waals surface area contributed by atoms with E-state index in [4.69, 9.17) is 0 Å². The zero-order chi connectivity index (χ0) is 25.8. The van der Waals surface area contributed by atoms with E-state index in [0.29, 0.717) is 5.69 Å². The quantitative estimate of drug-likeness (QED) is 0.255. The highest BCUT2D eigenvalue weighted by molar-refractivity contribution is 6.26. The Labute approximate surface area is 217 Å². The molecule has 2 aromatic heterocycles. The van der Waals surface area contributed by atoms with Gasteiger partial charge in [0, 0.05) is 27.2 Å². The van der Waals surface area contributed by atoms with Crippen LogP contribution in [0, 0.1) is 34.0 Å². The van der Waals surface area contributed by atoms with Crippen LogP contribution < -0.4 is 0 Å². The second-order valence-corrected chi connectivity index (χ2v) is 9.15. The van der Waals surface area contributed by atoms with Crippen molar-refractivity contribution in [2.45, 2.75) is 0 Å². The fourth-order valence-electron chi connectivity index (χ4n) is 5.71. The van der Waals surface area contributed by atoms with Gasteiger partial charge in [0.2, 0.25) is 0 Å². The minimum Gasteiger partial charge on any atom is -0.309 e. The number of para-hydroxylation sites is 3. The van der Waals surface area contributed by atoms with Crippen LogP contribution in [0.2, 0.25) is 0 Å². The average Bonchev–Trinajstić information content (AvgIpc) is 3.49. The summed E-state index contributed by atoms with van der Waals surface area (Å²) in [5, 5.41) is 34.0. The molecule has 0 amide bonds. The van der Waals surface area contributed by atoms with Crippen molar-refractivity contribution >= 4 is 43.6 Å². The number of hydrogen-bond acceptors (Lipinski definition) is 3. The lowest BCUT2D eigenvalue weighted by Crippen LogP contribution is -2.02. The molecule has 0 aliphatic heterocycles. The molecule has 5 heteroatoms. The number of nitrogens with zero attached hydrogens (tertiary/aromatic N) is 5. The number of benzene rings is 5. The Kier molecular flexibility index (Phi) is 4.57. The molecule has 0 bridgehead atoms. The molecule has 0 fully saturated rings. The first-order valence-corrected chi connectivity index (χ1v) is 12.1. The molecular weight excluding hydrogens is 466 g/mol. The highest BCUT2D eigenvalue weighted by atomic mass is 15.0. The molecule has 0 aliphatic rings. The third-order valence-corrected chi connectivity index (χ3v) is 7.19. The van der Waals surface area contributed by atoms with E-state index in [1.54, 1.807) is 12.1 Å². The van der Waals surface area contributed by atoms with E-state index >= 15 is 0 Å². The van der Waals surface area contributed by atoms with Gasteiger partial charge in [0.1, 0.15) is 12.1 Å². The highest BCUT2D eigenvalue weighted by Gasteiger charge is 2.23. The number of aromatic nitrogens is 2. The first-order valence-electron chi connectivity index (χ1n) is 12.1. The predicted octanol–water partition coefficient (Wildman–Crippen LogP) is 7.50. The third kappa shape index (κ3) is 2.83. The summed E-state index contributed by atoms with van der Waals surface area (Å²) in [6.45, 7) is 0. The van der Waals surface area contributed by atoms with Crippen LogP contribution in [0.3, 0.4) is 0 Å². The fraction of sp³-hybridized carbons (Fsp3) is 0. The zero-order valence-corrected chi connectivity index (χ0v) is 20.1. The highest BCUT2D eigenvalue weighted by Crippen LogP contribution is 2.42. The van der Waals surface area contributed by atoms with E-state index in [-0.39, 0.29) is 16.7 Å². The zero-order valence-electron chi connectivity index (χ0n) is 20.1. The van der Waals surface area contributed by atoms with Crippen molar-refractivity contribution in [2.75, 3.05) is 0 Å². The Morgan fingerprint density at radius 1 is 0.500 bits per heavy atom. The molecule has 0 unspecified atom stereocenters. The molecule has 7 aromatic rings. The van der Waals surface area contributed by atoms with Crippen LogP contribution in [-0.4, -0.2) is 9.13 Å². The van der Waals surface area contributed by atoms with Crippen molar-refractivity contribution in [2.24, 2.45) is 0 Å². The smallest absolute Gasteiger partial charge is 0.101 e. The van der Waals surface area contributed by atoms with Crippen LogP contribution in [0.5, 0.6) is 0 Å². The molecule has 2 heterocycles. The van der Waals surface area contributed by atoms with Crippen LogP contribution in [0.1, 0.15) is 16.7 Å². The molecule has 5 nitrogen and oxygen atoms in total. The van der Waals surface area contributed by atoms with Crippen molar-refractivity contribution in [1.29, 1.82) is 15.8 Å². The van der Waals surface area contributed by atoms with Gasteiger partial charge in [-0.3, -0.25) is 0 Å². The minimum atomic E-state index is 0.284. The SMILES string of the molecule is N#Cc1cc(C#N)c(-n2c3ccccc3c3ccc4c(c5ccccc5n4-c4ccccc4)c32)c(C#N)c1. The van der Waals surface area contributed by atoms with E-state index in [9.17, 15) is 15.8 Å². The van der Waals surface area contributed by atoms with Gasteiger partial charge < -0.3 is 9.13 Å². The van der Waals surface area contributed by atoms with Gasteiger partial charge in [-0.1, -0.05) is 60.7 Å². The second kappa shape index (κ2) is 8.10. The third-order valence-electron chi connectivity index (χ3n) is 7.19. The standard InChI is InChI=1S/C33H17N5/c34-18-21-16-22(19-35)32(23(17-21)20-36)38-28-12-6-4-10-25(28)26-14-15-30-31(33(26)38)27-11-5-7-13-29(27)37(30)24-8-2-1-3-9-24/h1-17H. The molecule has 0 N–H and O–H groups in total. The van der Waals surface area contributed by atoms with Gasteiger partial charge in [0.15, 0.2) is 0 Å². The predicted molar refractivity (Wildman–Crippen MR) is 149 cm³/mol. The summed E-state index contributed by atoms with van der Waals surface area (Å²) in [6.07, 6.45) is 0. The number of hydrogen-bond donors (Lipinski definition) is 0. The summed E-state index contributed by atoms with van der Waals surface area (Å²) in [5.74, 6) is 0. The van der Waals surface area contributed by atoms with Gasteiger partial charge in [-0.05, 0) is 42.5 Å². The van der Waals surface area contributed by atoms with Crippen molar-refractivity contribution in [3.8, 4) is 29.6 Å². The molecule has 5 aromatic carbocycles. The summed E-state index contributed by atoms with van der Waals surface area (Å²) >= 11 is 0. The van der Waals surface area contributed by atoms with E-state index in [1.807, 2.05) is 53.1 Å². The van der Waals surface area contributed by atoms with Gasteiger partial charge in [0.25, 0.3) is 0 Å². The lowest BCUT2D eigenvalue weighted by atomic mass is 10.0. The van der Waals surface area contributed by atoms with Crippen molar-refractivity contribution < 1.29 is 0 Å². The number of nitriles is 3. The van der Waals surface area contributed by atoms with E-state index in [1.165, 1.54) is 0 Å². The summed E-state index contributed by atoms with van der Waals surface area (Å²) < 4.78 is 4.29. The van der Waals surface area contributed by atoms with E-state index in [0.717, 1.165) is 49.3 Å². The van der Waals surface area contributed by atoms with E-state index < -0.39 is 0 Å².